The molecule has 2 fully saturated rings. The van der Waals surface area contributed by atoms with Crippen LogP contribution in [0.15, 0.2) is 6.33 Å². The largest absolute Gasteiger partial charge is 0.381 e. The second-order valence-corrected chi connectivity index (χ2v) is 5.19. The zero-order valence-corrected chi connectivity index (χ0v) is 10.6. The van der Waals surface area contributed by atoms with Gasteiger partial charge in [-0.1, -0.05) is 0 Å². The molecule has 0 amide bonds. The Morgan fingerprint density at radius 3 is 2.58 bits per heavy atom. The number of ether oxygens (including phenoxy) is 2. The molecular weight excluding hydrogens is 244 g/mol. The molecule has 0 spiro atoms. The van der Waals surface area contributed by atoms with Gasteiger partial charge < -0.3 is 14.5 Å². The van der Waals surface area contributed by atoms with Gasteiger partial charge in [-0.2, -0.15) is 0 Å². The molecule has 4 heterocycles. The number of nitrogens with zero attached hydrogens (tertiary/aromatic N) is 3. The van der Waals surface area contributed by atoms with Gasteiger partial charge in [0.05, 0.1) is 25.2 Å². The number of rotatable bonds is 2. The van der Waals surface area contributed by atoms with E-state index in [9.17, 15) is 0 Å². The third-order valence-electron chi connectivity index (χ3n) is 3.94. The highest BCUT2D eigenvalue weighted by molar-refractivity contribution is 5.73. The fourth-order valence-electron chi connectivity index (χ4n) is 2.84. The predicted octanol–water partition coefficient (Wildman–Crippen LogP) is 1.36. The fourth-order valence-corrected chi connectivity index (χ4v) is 2.84. The third kappa shape index (κ3) is 1.91. The second kappa shape index (κ2) is 4.54. The number of aromatic amines is 1. The third-order valence-corrected chi connectivity index (χ3v) is 3.94. The van der Waals surface area contributed by atoms with Crippen molar-refractivity contribution in [2.75, 3.05) is 26.4 Å². The number of imidazole rings is 1. The van der Waals surface area contributed by atoms with E-state index in [1.54, 1.807) is 6.33 Å². The summed E-state index contributed by atoms with van der Waals surface area (Å²) in [4.78, 5) is 16.8. The lowest BCUT2D eigenvalue weighted by atomic mass is 10.0. The number of nitrogens with one attached hydrogen (secondary N) is 1. The van der Waals surface area contributed by atoms with Crippen molar-refractivity contribution in [2.45, 2.75) is 24.7 Å². The number of aromatic nitrogens is 4. The summed E-state index contributed by atoms with van der Waals surface area (Å²) in [6.45, 7) is 3.07. The standard InChI is InChI=1S/C13H16N4O2/c1-3-18-5-8(1)10-11-13(15-7-14-11)17-12(16-10)9-2-4-19-6-9/h7-9H,1-6H2,(H,14,15,16,17). The molecule has 6 nitrogen and oxygen atoms in total. The van der Waals surface area contributed by atoms with Gasteiger partial charge in [0.15, 0.2) is 5.65 Å². The van der Waals surface area contributed by atoms with Crippen LogP contribution in [0.4, 0.5) is 0 Å². The van der Waals surface area contributed by atoms with Gasteiger partial charge in [0.25, 0.3) is 0 Å². The molecule has 0 bridgehead atoms. The highest BCUT2D eigenvalue weighted by Gasteiger charge is 2.27. The summed E-state index contributed by atoms with van der Waals surface area (Å²) in [6, 6.07) is 0. The van der Waals surface area contributed by atoms with E-state index in [0.717, 1.165) is 62.0 Å². The van der Waals surface area contributed by atoms with Crippen molar-refractivity contribution in [3.63, 3.8) is 0 Å². The SMILES string of the molecule is c1nc2nc(C3CCOC3)nc(C3CCOC3)c2[nH]1. The molecule has 0 radical (unpaired) electrons. The van der Waals surface area contributed by atoms with E-state index in [2.05, 4.69) is 15.0 Å². The fraction of sp³-hybridized carbons (Fsp3) is 0.615. The summed E-state index contributed by atoms with van der Waals surface area (Å²) in [6.07, 6.45) is 3.70. The van der Waals surface area contributed by atoms with Crippen LogP contribution in [0.1, 0.15) is 36.2 Å². The maximum Gasteiger partial charge on any atom is 0.181 e. The molecule has 0 aliphatic carbocycles. The minimum Gasteiger partial charge on any atom is -0.381 e. The summed E-state index contributed by atoms with van der Waals surface area (Å²) < 4.78 is 10.9. The van der Waals surface area contributed by atoms with Crippen molar-refractivity contribution in [3.05, 3.63) is 17.8 Å². The minimum atomic E-state index is 0.308. The van der Waals surface area contributed by atoms with Crippen LogP contribution >= 0.6 is 0 Å². The van der Waals surface area contributed by atoms with Crippen LogP contribution in [-0.2, 0) is 9.47 Å². The van der Waals surface area contributed by atoms with Crippen molar-refractivity contribution >= 4 is 11.2 Å². The first-order valence-corrected chi connectivity index (χ1v) is 6.78. The zero-order valence-electron chi connectivity index (χ0n) is 10.6. The summed E-state index contributed by atoms with van der Waals surface area (Å²) in [5.74, 6) is 1.54. The Morgan fingerprint density at radius 1 is 1.05 bits per heavy atom. The van der Waals surface area contributed by atoms with Crippen molar-refractivity contribution in [2.24, 2.45) is 0 Å². The van der Waals surface area contributed by atoms with Crippen LogP contribution in [0.3, 0.4) is 0 Å². The summed E-state index contributed by atoms with van der Waals surface area (Å²) in [5.41, 5.74) is 2.78. The molecule has 2 aliphatic heterocycles. The highest BCUT2D eigenvalue weighted by Crippen LogP contribution is 2.30. The lowest BCUT2D eigenvalue weighted by molar-refractivity contribution is 0.192. The predicted molar refractivity (Wildman–Crippen MR) is 68.0 cm³/mol. The second-order valence-electron chi connectivity index (χ2n) is 5.19. The molecule has 6 heteroatoms. The summed E-state index contributed by atoms with van der Waals surface area (Å²) >= 11 is 0. The van der Waals surface area contributed by atoms with E-state index in [0.29, 0.717) is 11.8 Å². The van der Waals surface area contributed by atoms with Crippen LogP contribution in [0.25, 0.3) is 11.2 Å². The summed E-state index contributed by atoms with van der Waals surface area (Å²) in [7, 11) is 0. The Kier molecular flexibility index (Phi) is 2.70. The van der Waals surface area contributed by atoms with Crippen molar-refractivity contribution < 1.29 is 9.47 Å². The first kappa shape index (κ1) is 11.3. The van der Waals surface area contributed by atoms with E-state index >= 15 is 0 Å². The van der Waals surface area contributed by atoms with Gasteiger partial charge in [-0.25, -0.2) is 15.0 Å². The Morgan fingerprint density at radius 2 is 1.84 bits per heavy atom. The maximum absolute atomic E-state index is 5.48. The number of fused-ring (bicyclic) bond motifs is 1. The summed E-state index contributed by atoms with van der Waals surface area (Å²) in [5, 5.41) is 0. The van der Waals surface area contributed by atoms with E-state index in [-0.39, 0.29) is 0 Å². The lowest BCUT2D eigenvalue weighted by Gasteiger charge is -2.12. The molecule has 2 aliphatic rings. The first-order chi connectivity index (χ1) is 9.42. The number of hydrogen-bond acceptors (Lipinski definition) is 5. The van der Waals surface area contributed by atoms with Gasteiger partial charge in [0, 0.05) is 25.0 Å². The van der Waals surface area contributed by atoms with Crippen LogP contribution in [0.2, 0.25) is 0 Å². The highest BCUT2D eigenvalue weighted by atomic mass is 16.5. The van der Waals surface area contributed by atoms with Crippen molar-refractivity contribution in [1.29, 1.82) is 0 Å². The molecule has 1 N–H and O–H groups in total. The molecule has 2 saturated heterocycles. The van der Waals surface area contributed by atoms with Gasteiger partial charge in [0.1, 0.15) is 11.3 Å². The Balaban J connectivity index is 1.81. The Bertz CT molecular complexity index is 585. The van der Waals surface area contributed by atoms with Gasteiger partial charge >= 0.3 is 0 Å². The number of hydrogen-bond donors (Lipinski definition) is 1. The lowest BCUT2D eigenvalue weighted by Crippen LogP contribution is -2.10. The Labute approximate surface area is 110 Å². The van der Waals surface area contributed by atoms with E-state index in [4.69, 9.17) is 14.5 Å². The van der Waals surface area contributed by atoms with Gasteiger partial charge in [-0.05, 0) is 12.8 Å². The molecule has 4 rings (SSSR count). The minimum absolute atomic E-state index is 0.308. The monoisotopic (exact) mass is 260 g/mol. The quantitative estimate of drug-likeness (QED) is 0.882. The van der Waals surface area contributed by atoms with Crippen LogP contribution in [0.5, 0.6) is 0 Å². The average molecular weight is 260 g/mol. The van der Waals surface area contributed by atoms with Crippen LogP contribution in [0, 0.1) is 0 Å². The van der Waals surface area contributed by atoms with Gasteiger partial charge in [-0.3, -0.25) is 0 Å². The van der Waals surface area contributed by atoms with Crippen LogP contribution < -0.4 is 0 Å². The van der Waals surface area contributed by atoms with Crippen molar-refractivity contribution in [1.82, 2.24) is 19.9 Å². The Hall–Kier alpha value is -1.53. The molecular formula is C13H16N4O2. The molecule has 100 valence electrons. The van der Waals surface area contributed by atoms with E-state index < -0.39 is 0 Å². The normalized spacial score (nSPS) is 27.4. The molecule has 2 unspecified atom stereocenters. The first-order valence-electron chi connectivity index (χ1n) is 6.78. The molecule has 0 aromatic carbocycles. The van der Waals surface area contributed by atoms with E-state index in [1.807, 2.05) is 0 Å². The van der Waals surface area contributed by atoms with Crippen molar-refractivity contribution in [3.8, 4) is 0 Å². The van der Waals surface area contributed by atoms with Gasteiger partial charge in [-0.15, -0.1) is 0 Å². The smallest absolute Gasteiger partial charge is 0.181 e. The van der Waals surface area contributed by atoms with E-state index in [1.165, 1.54) is 0 Å². The molecule has 19 heavy (non-hydrogen) atoms. The molecule has 2 aromatic rings. The molecule has 0 saturated carbocycles. The average Bonchev–Trinajstić information content (AvgIpc) is 3.18. The molecule has 2 atom stereocenters. The maximum atomic E-state index is 5.48. The van der Waals surface area contributed by atoms with Crippen LogP contribution in [-0.4, -0.2) is 46.4 Å². The molecule has 2 aromatic heterocycles. The zero-order chi connectivity index (χ0) is 12.7. The number of H-pyrrole nitrogens is 1. The topological polar surface area (TPSA) is 72.9 Å². The van der Waals surface area contributed by atoms with Gasteiger partial charge in [0.2, 0.25) is 0 Å².